The lowest BCUT2D eigenvalue weighted by Gasteiger charge is -2.28. The number of aromatic nitrogens is 2. The Labute approximate surface area is 180 Å². The highest BCUT2D eigenvalue weighted by molar-refractivity contribution is 6.30. The summed E-state index contributed by atoms with van der Waals surface area (Å²) in [6, 6.07) is 14.1. The maximum absolute atomic E-state index is 13.2. The van der Waals surface area contributed by atoms with E-state index in [4.69, 9.17) is 25.8 Å². The summed E-state index contributed by atoms with van der Waals surface area (Å²) in [7, 11) is 0. The van der Waals surface area contributed by atoms with Crippen molar-refractivity contribution in [2.45, 2.75) is 37.9 Å². The average molecular weight is 431 g/mol. The monoisotopic (exact) mass is 430 g/mol. The molecule has 5 nitrogen and oxygen atoms in total. The Morgan fingerprint density at radius 2 is 1.90 bits per heavy atom. The number of ether oxygens (including phenoxy) is 3. The molecule has 30 heavy (non-hydrogen) atoms. The number of hydrogen-bond donors (Lipinski definition) is 0. The molecule has 0 saturated carbocycles. The Bertz CT molecular complexity index is 919. The zero-order chi connectivity index (χ0) is 20.8. The molecular weight excluding hydrogens is 407 g/mol. The van der Waals surface area contributed by atoms with Gasteiger partial charge >= 0.3 is 0 Å². The van der Waals surface area contributed by atoms with E-state index < -0.39 is 5.79 Å². The summed E-state index contributed by atoms with van der Waals surface area (Å²) in [4.78, 5) is 4.11. The summed E-state index contributed by atoms with van der Waals surface area (Å²) < 4.78 is 33.5. The number of hydrogen-bond acceptors (Lipinski definition) is 4. The normalized spacial score (nSPS) is 21.2. The number of aryl methyl sites for hydroxylation is 1. The van der Waals surface area contributed by atoms with Crippen LogP contribution in [0.5, 0.6) is 0 Å². The maximum atomic E-state index is 13.2. The van der Waals surface area contributed by atoms with E-state index in [1.165, 1.54) is 12.1 Å². The van der Waals surface area contributed by atoms with Crippen LogP contribution in [0.3, 0.4) is 0 Å². The van der Waals surface area contributed by atoms with Crippen LogP contribution in [0.15, 0.2) is 67.3 Å². The van der Waals surface area contributed by atoms with Gasteiger partial charge < -0.3 is 18.8 Å². The molecule has 7 heteroatoms. The predicted molar refractivity (Wildman–Crippen MR) is 112 cm³/mol. The lowest BCUT2D eigenvalue weighted by atomic mass is 10.0. The highest BCUT2D eigenvalue weighted by Crippen LogP contribution is 2.31. The minimum Gasteiger partial charge on any atom is -0.374 e. The molecule has 2 atom stereocenters. The highest BCUT2D eigenvalue weighted by atomic mass is 35.5. The van der Waals surface area contributed by atoms with Gasteiger partial charge in [0.05, 0.1) is 32.7 Å². The molecule has 1 aliphatic rings. The largest absolute Gasteiger partial charge is 0.374 e. The summed E-state index contributed by atoms with van der Waals surface area (Å²) in [5.74, 6) is -1.01. The van der Waals surface area contributed by atoms with Crippen molar-refractivity contribution in [1.29, 1.82) is 0 Å². The minimum atomic E-state index is -0.774. The van der Waals surface area contributed by atoms with Gasteiger partial charge in [0.25, 0.3) is 0 Å². The van der Waals surface area contributed by atoms with Gasteiger partial charge in [0.1, 0.15) is 11.9 Å². The zero-order valence-electron chi connectivity index (χ0n) is 16.5. The fraction of sp³-hybridized carbons (Fsp3) is 0.348. The van der Waals surface area contributed by atoms with Crippen LogP contribution in [0, 0.1) is 5.82 Å². The Kier molecular flexibility index (Phi) is 6.79. The van der Waals surface area contributed by atoms with Gasteiger partial charge in [0.15, 0.2) is 5.79 Å². The predicted octanol–water partition coefficient (Wildman–Crippen LogP) is 4.64. The van der Waals surface area contributed by atoms with Gasteiger partial charge in [-0.15, -0.1) is 0 Å². The fourth-order valence-corrected chi connectivity index (χ4v) is 3.65. The SMILES string of the molecule is Fc1ccc(CCC2(Cn3ccnc3)OCC(COCc3ccc(Cl)cc3)O2)cc1. The number of benzene rings is 2. The lowest BCUT2D eigenvalue weighted by molar-refractivity contribution is -0.187. The van der Waals surface area contributed by atoms with Crippen molar-refractivity contribution in [3.8, 4) is 0 Å². The summed E-state index contributed by atoms with van der Waals surface area (Å²) >= 11 is 5.92. The van der Waals surface area contributed by atoms with Crippen molar-refractivity contribution in [1.82, 2.24) is 9.55 Å². The van der Waals surface area contributed by atoms with Crippen molar-refractivity contribution >= 4 is 11.6 Å². The topological polar surface area (TPSA) is 45.5 Å². The van der Waals surface area contributed by atoms with Gasteiger partial charge in [0, 0.05) is 23.8 Å². The third-order valence-corrected chi connectivity index (χ3v) is 5.34. The van der Waals surface area contributed by atoms with Crippen LogP contribution < -0.4 is 0 Å². The van der Waals surface area contributed by atoms with Gasteiger partial charge in [-0.25, -0.2) is 9.37 Å². The van der Waals surface area contributed by atoms with E-state index in [2.05, 4.69) is 4.98 Å². The van der Waals surface area contributed by atoms with Crippen LogP contribution in [0.25, 0.3) is 0 Å². The van der Waals surface area contributed by atoms with Crippen molar-refractivity contribution < 1.29 is 18.6 Å². The van der Waals surface area contributed by atoms with E-state index in [1.54, 1.807) is 24.7 Å². The molecule has 0 bridgehead atoms. The Morgan fingerprint density at radius 1 is 1.13 bits per heavy atom. The molecule has 1 saturated heterocycles. The quantitative estimate of drug-likeness (QED) is 0.496. The van der Waals surface area contributed by atoms with Gasteiger partial charge in [-0.3, -0.25) is 0 Å². The summed E-state index contributed by atoms with van der Waals surface area (Å²) in [5.41, 5.74) is 2.09. The van der Waals surface area contributed by atoms with Crippen LogP contribution in [0.2, 0.25) is 5.02 Å². The van der Waals surface area contributed by atoms with Crippen LogP contribution >= 0.6 is 11.6 Å². The third-order valence-electron chi connectivity index (χ3n) is 5.09. The zero-order valence-corrected chi connectivity index (χ0v) is 17.3. The van der Waals surface area contributed by atoms with E-state index in [9.17, 15) is 4.39 Å². The van der Waals surface area contributed by atoms with Crippen molar-refractivity contribution in [2.75, 3.05) is 13.2 Å². The molecule has 1 aliphatic heterocycles. The molecule has 0 radical (unpaired) electrons. The summed E-state index contributed by atoms with van der Waals surface area (Å²) in [5, 5.41) is 0.705. The molecule has 1 aromatic heterocycles. The minimum absolute atomic E-state index is 0.158. The molecule has 158 valence electrons. The first kappa shape index (κ1) is 21.0. The van der Waals surface area contributed by atoms with Gasteiger partial charge in [-0.1, -0.05) is 35.9 Å². The van der Waals surface area contributed by atoms with Crippen LogP contribution in [0.4, 0.5) is 4.39 Å². The second-order valence-corrected chi connectivity index (χ2v) is 7.90. The maximum Gasteiger partial charge on any atom is 0.187 e. The number of imidazole rings is 1. The molecule has 2 unspecified atom stereocenters. The van der Waals surface area contributed by atoms with Gasteiger partial charge in [-0.2, -0.15) is 0 Å². The number of rotatable bonds is 9. The molecule has 0 N–H and O–H groups in total. The molecule has 4 rings (SSSR count). The summed E-state index contributed by atoms with van der Waals surface area (Å²) in [6.45, 7) is 1.91. The molecule has 0 spiro atoms. The van der Waals surface area contributed by atoms with Crippen molar-refractivity contribution in [3.63, 3.8) is 0 Å². The third kappa shape index (κ3) is 5.67. The first-order chi connectivity index (χ1) is 14.6. The second-order valence-electron chi connectivity index (χ2n) is 7.46. The first-order valence-corrected chi connectivity index (χ1v) is 10.3. The second kappa shape index (κ2) is 9.71. The van der Waals surface area contributed by atoms with E-state index in [0.717, 1.165) is 11.1 Å². The fourth-order valence-electron chi connectivity index (χ4n) is 3.52. The van der Waals surface area contributed by atoms with E-state index >= 15 is 0 Å². The van der Waals surface area contributed by atoms with Crippen molar-refractivity contribution in [2.24, 2.45) is 0 Å². The molecule has 0 amide bonds. The molecule has 2 aromatic carbocycles. The number of nitrogens with zero attached hydrogens (tertiary/aromatic N) is 2. The summed E-state index contributed by atoms with van der Waals surface area (Å²) in [6.07, 6.45) is 6.56. The van der Waals surface area contributed by atoms with Gasteiger partial charge in [0.2, 0.25) is 0 Å². The van der Waals surface area contributed by atoms with Gasteiger partial charge in [-0.05, 0) is 41.8 Å². The Hall–Kier alpha value is -2.25. The Morgan fingerprint density at radius 3 is 2.63 bits per heavy atom. The smallest absolute Gasteiger partial charge is 0.187 e. The van der Waals surface area contributed by atoms with Crippen LogP contribution in [-0.4, -0.2) is 34.7 Å². The average Bonchev–Trinajstić information content (AvgIpc) is 3.40. The van der Waals surface area contributed by atoms with Crippen LogP contribution in [-0.2, 0) is 33.8 Å². The van der Waals surface area contributed by atoms with Crippen LogP contribution in [0.1, 0.15) is 17.5 Å². The molecule has 0 aliphatic carbocycles. The standard InChI is InChI=1S/C23H24ClFN2O3/c24-20-5-1-19(2-6-20)13-28-14-22-15-29-23(30-22,16-27-12-11-26-17-27)10-9-18-3-7-21(25)8-4-18/h1-8,11-12,17,22H,9-10,13-16H2. The van der Waals surface area contributed by atoms with E-state index in [0.29, 0.717) is 44.2 Å². The molecule has 1 fully saturated rings. The number of halogens is 2. The van der Waals surface area contributed by atoms with Crippen molar-refractivity contribution in [3.05, 3.63) is 89.2 Å². The lowest BCUT2D eigenvalue weighted by Crippen LogP contribution is -2.37. The molecule has 2 heterocycles. The Balaban J connectivity index is 1.35. The van der Waals surface area contributed by atoms with E-state index in [-0.39, 0.29) is 11.9 Å². The molecule has 3 aromatic rings. The first-order valence-electron chi connectivity index (χ1n) is 9.94. The van der Waals surface area contributed by atoms with E-state index in [1.807, 2.05) is 35.0 Å². The molecular formula is C23H24ClFN2O3. The highest BCUT2D eigenvalue weighted by Gasteiger charge is 2.41.